The quantitative estimate of drug-likeness (QED) is 0.426. The van der Waals surface area contributed by atoms with Crippen LogP contribution >= 0.6 is 29.3 Å². The maximum atomic E-state index is 12.5. The van der Waals surface area contributed by atoms with Crippen molar-refractivity contribution in [1.82, 2.24) is 0 Å². The van der Waals surface area contributed by atoms with Gasteiger partial charge in [-0.1, -0.05) is 0 Å². The summed E-state index contributed by atoms with van der Waals surface area (Å²) in [4.78, 5) is 0. The first kappa shape index (κ1) is 15.3. The number of hydrogen-bond donors (Lipinski definition) is 0. The van der Waals surface area contributed by atoms with Crippen LogP contribution in [-0.2, 0) is 4.57 Å². The normalized spacial score (nSPS) is 18.7. The molecule has 0 aliphatic heterocycles. The van der Waals surface area contributed by atoms with Gasteiger partial charge in [-0.25, -0.2) is 0 Å². The van der Waals surface area contributed by atoms with Crippen LogP contribution in [0.3, 0.4) is 0 Å². The molecule has 0 aliphatic carbocycles. The maximum Gasteiger partial charge on any atom is 0.460 e. The highest BCUT2D eigenvalue weighted by atomic mass is 35.7. The van der Waals surface area contributed by atoms with Crippen molar-refractivity contribution in [3.05, 3.63) is 0 Å². The van der Waals surface area contributed by atoms with Gasteiger partial charge in [-0.15, -0.1) is 11.6 Å². The molecule has 0 aromatic rings. The molecule has 0 rings (SSSR count). The molecule has 0 radical (unpaired) electrons. The minimum atomic E-state index is -6.56. The lowest BCUT2D eigenvalue weighted by molar-refractivity contribution is -0.332. The number of hydrogen-bond acceptors (Lipinski definition) is 1. The van der Waals surface area contributed by atoms with E-state index in [2.05, 4.69) is 22.8 Å². The minimum absolute atomic E-state index is 1.70. The second-order valence-corrected chi connectivity index (χ2v) is 6.84. The summed E-state index contributed by atoms with van der Waals surface area (Å²) in [5.74, 6) is -6.49. The Morgan fingerprint density at radius 1 is 1.00 bits per heavy atom. The first-order valence-corrected chi connectivity index (χ1v) is 6.31. The molecule has 0 aliphatic rings. The predicted molar refractivity (Wildman–Crippen MR) is 40.1 cm³/mol. The summed E-state index contributed by atoms with van der Waals surface area (Å²) in [6.45, 7) is -5.66. The molecule has 0 heterocycles. The predicted octanol–water partition coefficient (Wildman–Crippen LogP) is 4.49. The van der Waals surface area contributed by atoms with Crippen LogP contribution in [0.2, 0.25) is 0 Å². The van der Waals surface area contributed by atoms with E-state index in [-0.39, 0.29) is 0 Å². The van der Waals surface area contributed by atoms with Crippen molar-refractivity contribution in [3.63, 3.8) is 0 Å². The summed E-state index contributed by atoms with van der Waals surface area (Å²) in [6.07, 6.45) is -6.56. The average Bonchev–Trinajstić information content (AvgIpc) is 2.01. The van der Waals surface area contributed by atoms with Crippen LogP contribution in [-0.4, -0.2) is 23.4 Å². The second-order valence-electron chi connectivity index (χ2n) is 2.38. The fraction of sp³-hybridized carbons (Fsp3) is 1.00. The first-order valence-electron chi connectivity index (χ1n) is 2.98. The Labute approximate surface area is 88.7 Å². The Kier molecular flexibility index (Phi) is 4.05. The molecule has 0 fully saturated rings. The van der Waals surface area contributed by atoms with Crippen LogP contribution in [0.15, 0.2) is 0 Å². The average molecular weight is 301 g/mol. The van der Waals surface area contributed by atoms with Crippen LogP contribution in [0.5, 0.6) is 0 Å². The van der Waals surface area contributed by atoms with Crippen LogP contribution in [0, 0.1) is 0 Å². The highest BCUT2D eigenvalue weighted by Gasteiger charge is 2.78. The van der Waals surface area contributed by atoms with Gasteiger partial charge in [0.15, 0.2) is 0 Å². The molecular weight excluding hydrogens is 299 g/mol. The lowest BCUT2D eigenvalue weighted by Crippen LogP contribution is -2.51. The summed E-state index contributed by atoms with van der Waals surface area (Å²) in [5, 5.41) is 0. The summed E-state index contributed by atoms with van der Waals surface area (Å²) < 4.78 is 94.7. The van der Waals surface area contributed by atoms with Crippen LogP contribution in [0.4, 0.5) is 30.7 Å². The molecule has 1 nitrogen and oxygen atoms in total. The van der Waals surface area contributed by atoms with Gasteiger partial charge in [0.2, 0.25) is 0 Å². The van der Waals surface area contributed by atoms with Crippen LogP contribution in [0.1, 0.15) is 0 Å². The third-order valence-corrected chi connectivity index (χ3v) is 5.11. The summed E-state index contributed by atoms with van der Waals surface area (Å²) in [7, 11) is 0. The van der Waals surface area contributed by atoms with Crippen molar-refractivity contribution in [1.29, 1.82) is 0 Å². The fourth-order valence-electron chi connectivity index (χ4n) is 0.455. The molecule has 1 unspecified atom stereocenters. The van der Waals surface area contributed by atoms with Crippen LogP contribution < -0.4 is 0 Å². The summed E-state index contributed by atoms with van der Waals surface area (Å²) in [6, 6.07) is 0. The minimum Gasteiger partial charge on any atom is -0.299 e. The van der Waals surface area contributed by atoms with Crippen LogP contribution in [0.25, 0.3) is 0 Å². The van der Waals surface area contributed by atoms with E-state index in [1.54, 1.807) is 0 Å². The monoisotopic (exact) mass is 300 g/mol. The molecule has 0 bridgehead atoms. The van der Waals surface area contributed by atoms with E-state index in [0.29, 0.717) is 0 Å². The van der Waals surface area contributed by atoms with Gasteiger partial charge in [0, 0.05) is 0 Å². The Hall–Kier alpha value is 0.320. The molecule has 0 aromatic carbocycles. The SMILES string of the molecule is O=P(Cl)(CCl)C(F)(F)C(F)(F)C(F)(F)F. The Morgan fingerprint density at radius 2 is 1.33 bits per heavy atom. The zero-order chi connectivity index (χ0) is 12.7. The number of halogens is 9. The highest BCUT2D eigenvalue weighted by molar-refractivity contribution is 7.91. The van der Waals surface area contributed by atoms with Crippen molar-refractivity contribution in [2.24, 2.45) is 0 Å². The van der Waals surface area contributed by atoms with E-state index < -0.39 is 29.9 Å². The van der Waals surface area contributed by atoms with E-state index in [4.69, 9.17) is 0 Å². The van der Waals surface area contributed by atoms with Gasteiger partial charge in [-0.3, -0.25) is 4.57 Å². The van der Waals surface area contributed by atoms with Gasteiger partial charge >= 0.3 is 17.8 Å². The third-order valence-electron chi connectivity index (χ3n) is 1.31. The molecule has 0 N–H and O–H groups in total. The second kappa shape index (κ2) is 3.96. The topological polar surface area (TPSA) is 17.1 Å². The van der Waals surface area contributed by atoms with Gasteiger partial charge in [-0.05, 0) is 11.2 Å². The van der Waals surface area contributed by atoms with Gasteiger partial charge < -0.3 is 0 Å². The van der Waals surface area contributed by atoms with Crippen molar-refractivity contribution in [2.75, 3.05) is 5.62 Å². The van der Waals surface area contributed by atoms with Crippen molar-refractivity contribution in [3.8, 4) is 0 Å². The third kappa shape index (κ3) is 2.36. The number of alkyl halides is 8. The lowest BCUT2D eigenvalue weighted by Gasteiger charge is -2.29. The standard InChI is InChI=1S/C4H2Cl2F7OP/c5-1-15(6,14)4(12,13)2(7,8)3(9,10)11/h1H2. The number of rotatable bonds is 3. The van der Waals surface area contributed by atoms with E-state index >= 15 is 0 Å². The van der Waals surface area contributed by atoms with E-state index in [1.807, 2.05) is 0 Å². The highest BCUT2D eigenvalue weighted by Crippen LogP contribution is 2.71. The smallest absolute Gasteiger partial charge is 0.299 e. The molecule has 15 heavy (non-hydrogen) atoms. The Bertz CT molecular complexity index is 287. The largest absolute Gasteiger partial charge is 0.460 e. The summed E-state index contributed by atoms with van der Waals surface area (Å²) in [5.41, 5.74) is -7.64. The van der Waals surface area contributed by atoms with Gasteiger partial charge in [0.05, 0.1) is 5.62 Å². The zero-order valence-electron chi connectivity index (χ0n) is 6.46. The van der Waals surface area contributed by atoms with E-state index in [0.717, 1.165) is 0 Å². The molecule has 1 atom stereocenters. The molecule has 11 heteroatoms. The maximum absolute atomic E-state index is 12.5. The molecule has 0 aromatic heterocycles. The first-order chi connectivity index (χ1) is 6.31. The Morgan fingerprint density at radius 3 is 1.53 bits per heavy atom. The van der Waals surface area contributed by atoms with Crippen molar-refractivity contribution >= 4 is 29.3 Å². The van der Waals surface area contributed by atoms with Gasteiger partial charge in [0.1, 0.15) is 0 Å². The molecule has 0 saturated heterocycles. The molecule has 0 saturated carbocycles. The Balaban J connectivity index is 5.49. The van der Waals surface area contributed by atoms with Crippen molar-refractivity contribution in [2.45, 2.75) is 17.8 Å². The molecule has 0 spiro atoms. The van der Waals surface area contributed by atoms with Crippen molar-refractivity contribution < 1.29 is 35.3 Å². The lowest BCUT2D eigenvalue weighted by atomic mass is 10.3. The van der Waals surface area contributed by atoms with Gasteiger partial charge in [-0.2, -0.15) is 30.7 Å². The molecular formula is C4H2Cl2F7OP. The van der Waals surface area contributed by atoms with E-state index in [9.17, 15) is 35.3 Å². The van der Waals surface area contributed by atoms with Gasteiger partial charge in [0.25, 0.3) is 6.49 Å². The van der Waals surface area contributed by atoms with E-state index in [1.165, 1.54) is 0 Å². The summed E-state index contributed by atoms with van der Waals surface area (Å²) >= 11 is 8.95. The molecule has 0 amide bonds. The fourth-order valence-corrected chi connectivity index (χ4v) is 1.92. The zero-order valence-corrected chi connectivity index (χ0v) is 8.87. The molecule has 92 valence electrons.